The van der Waals surface area contributed by atoms with E-state index in [-0.39, 0.29) is 17.2 Å². The predicted octanol–water partition coefficient (Wildman–Crippen LogP) is 4.53. The third kappa shape index (κ3) is 5.23. The molecule has 2 heterocycles. The van der Waals surface area contributed by atoms with Crippen molar-refractivity contribution < 1.29 is 9.53 Å². The number of hydrogen-bond donors (Lipinski definition) is 1. The predicted molar refractivity (Wildman–Crippen MR) is 132 cm³/mol. The lowest BCUT2D eigenvalue weighted by Crippen LogP contribution is -2.23. The molecular weight excluding hydrogens is 436 g/mol. The van der Waals surface area contributed by atoms with Crippen LogP contribution in [0, 0.1) is 13.8 Å². The summed E-state index contributed by atoms with van der Waals surface area (Å²) in [6.45, 7) is 6.44. The zero-order valence-electron chi connectivity index (χ0n) is 18.7. The monoisotopic (exact) mass is 460 g/mol. The van der Waals surface area contributed by atoms with Crippen LogP contribution in [0.5, 0.6) is 5.75 Å². The summed E-state index contributed by atoms with van der Waals surface area (Å²) >= 11 is 1.19. The molecule has 1 amide bonds. The highest BCUT2D eigenvalue weighted by atomic mass is 32.2. The molecule has 0 saturated carbocycles. The van der Waals surface area contributed by atoms with Crippen molar-refractivity contribution in [3.05, 3.63) is 82.3 Å². The minimum absolute atomic E-state index is 0.0921. The van der Waals surface area contributed by atoms with Crippen molar-refractivity contribution in [1.29, 1.82) is 0 Å². The number of anilines is 1. The summed E-state index contributed by atoms with van der Waals surface area (Å²) in [5.41, 5.74) is 3.64. The Morgan fingerprint density at radius 3 is 2.52 bits per heavy atom. The summed E-state index contributed by atoms with van der Waals surface area (Å²) in [4.78, 5) is 34.8. The fourth-order valence-electron chi connectivity index (χ4n) is 3.56. The Morgan fingerprint density at radius 1 is 1.09 bits per heavy atom. The largest absolute Gasteiger partial charge is 0.494 e. The van der Waals surface area contributed by atoms with E-state index >= 15 is 0 Å². The summed E-state index contributed by atoms with van der Waals surface area (Å²) in [5.74, 6) is 0.625. The van der Waals surface area contributed by atoms with Gasteiger partial charge >= 0.3 is 0 Å². The van der Waals surface area contributed by atoms with E-state index in [1.807, 2.05) is 39.0 Å². The van der Waals surface area contributed by atoms with Crippen LogP contribution in [0.3, 0.4) is 0 Å². The molecule has 168 valence electrons. The molecule has 0 spiro atoms. The van der Waals surface area contributed by atoms with Crippen molar-refractivity contribution in [2.75, 3.05) is 17.7 Å². The van der Waals surface area contributed by atoms with Crippen LogP contribution in [0.15, 0.2) is 70.7 Å². The van der Waals surface area contributed by atoms with Crippen LogP contribution in [0.2, 0.25) is 0 Å². The fraction of sp³-hybridized carbons (Fsp3) is 0.200. The smallest absolute Gasteiger partial charge is 0.268 e. The molecule has 0 radical (unpaired) electrons. The van der Waals surface area contributed by atoms with E-state index in [9.17, 15) is 9.59 Å². The van der Waals surface area contributed by atoms with Gasteiger partial charge < -0.3 is 10.1 Å². The van der Waals surface area contributed by atoms with Crippen molar-refractivity contribution in [2.45, 2.75) is 25.9 Å². The zero-order chi connectivity index (χ0) is 23.4. The SMILES string of the molecule is CCOc1ccc(-n2c(SCC(=O)Nc3cc(C)cc(C)c3)nc3ncccc3c2=O)cc1. The highest BCUT2D eigenvalue weighted by Crippen LogP contribution is 2.23. The Kier molecular flexibility index (Phi) is 6.74. The van der Waals surface area contributed by atoms with Gasteiger partial charge in [0.1, 0.15) is 5.75 Å². The van der Waals surface area contributed by atoms with Crippen molar-refractivity contribution in [1.82, 2.24) is 14.5 Å². The van der Waals surface area contributed by atoms with E-state index in [1.165, 1.54) is 16.3 Å². The Morgan fingerprint density at radius 2 is 1.82 bits per heavy atom. The van der Waals surface area contributed by atoms with Crippen LogP contribution >= 0.6 is 11.8 Å². The van der Waals surface area contributed by atoms with Crippen LogP contribution in [0.25, 0.3) is 16.7 Å². The molecule has 0 saturated heterocycles. The molecule has 1 N–H and O–H groups in total. The number of amides is 1. The van der Waals surface area contributed by atoms with Gasteiger partial charge in [0.05, 0.1) is 23.4 Å². The van der Waals surface area contributed by atoms with Crippen LogP contribution in [0.4, 0.5) is 5.69 Å². The number of hydrogen-bond acceptors (Lipinski definition) is 6. The fourth-order valence-corrected chi connectivity index (χ4v) is 4.36. The molecule has 0 aliphatic carbocycles. The van der Waals surface area contributed by atoms with Crippen LogP contribution in [-0.2, 0) is 4.79 Å². The maximum absolute atomic E-state index is 13.3. The number of aryl methyl sites for hydroxylation is 2. The molecular formula is C25H24N4O3S. The van der Waals surface area contributed by atoms with Gasteiger partial charge in [0.25, 0.3) is 5.56 Å². The molecule has 2 aromatic heterocycles. The first-order valence-corrected chi connectivity index (χ1v) is 11.5. The topological polar surface area (TPSA) is 86.1 Å². The average molecular weight is 461 g/mol. The number of rotatable bonds is 7. The Bertz CT molecular complexity index is 1350. The molecule has 0 unspecified atom stereocenters. The van der Waals surface area contributed by atoms with E-state index in [1.54, 1.807) is 42.6 Å². The zero-order valence-corrected chi connectivity index (χ0v) is 19.5. The van der Waals surface area contributed by atoms with E-state index in [0.717, 1.165) is 16.8 Å². The van der Waals surface area contributed by atoms with Crippen molar-refractivity contribution >= 4 is 34.4 Å². The number of pyridine rings is 1. The first kappa shape index (κ1) is 22.5. The molecule has 7 nitrogen and oxygen atoms in total. The third-order valence-electron chi connectivity index (χ3n) is 4.86. The molecule has 4 rings (SSSR count). The molecule has 0 bridgehead atoms. The standard InChI is InChI=1S/C25H24N4O3S/c1-4-32-20-9-7-19(8-10-20)29-24(31)21-6-5-11-26-23(21)28-25(29)33-15-22(30)27-18-13-16(2)12-17(3)14-18/h5-14H,4,15H2,1-3H3,(H,27,30). The molecule has 0 aliphatic heterocycles. The second-order valence-electron chi connectivity index (χ2n) is 7.55. The van der Waals surface area contributed by atoms with Crippen molar-refractivity contribution in [3.8, 4) is 11.4 Å². The van der Waals surface area contributed by atoms with Crippen LogP contribution in [-0.4, -0.2) is 32.8 Å². The minimum Gasteiger partial charge on any atom is -0.494 e. The van der Waals surface area contributed by atoms with Crippen LogP contribution in [0.1, 0.15) is 18.1 Å². The normalized spacial score (nSPS) is 10.9. The van der Waals surface area contributed by atoms with Gasteiger partial charge in [0.15, 0.2) is 10.8 Å². The summed E-state index contributed by atoms with van der Waals surface area (Å²) < 4.78 is 7.02. The molecule has 2 aromatic carbocycles. The van der Waals surface area contributed by atoms with E-state index < -0.39 is 0 Å². The lowest BCUT2D eigenvalue weighted by atomic mass is 10.1. The maximum atomic E-state index is 13.3. The number of nitrogens with zero attached hydrogens (tertiary/aromatic N) is 3. The summed E-state index contributed by atoms with van der Waals surface area (Å²) in [6, 6.07) is 16.5. The maximum Gasteiger partial charge on any atom is 0.268 e. The minimum atomic E-state index is -0.241. The van der Waals surface area contributed by atoms with E-state index in [2.05, 4.69) is 15.3 Å². The molecule has 33 heavy (non-hydrogen) atoms. The summed E-state index contributed by atoms with van der Waals surface area (Å²) in [6.07, 6.45) is 1.59. The number of thioether (sulfide) groups is 1. The van der Waals surface area contributed by atoms with E-state index in [0.29, 0.717) is 34.2 Å². The van der Waals surface area contributed by atoms with Gasteiger partial charge in [-0.05, 0) is 80.4 Å². The number of nitrogens with one attached hydrogen (secondary N) is 1. The summed E-state index contributed by atoms with van der Waals surface area (Å²) in [5, 5.41) is 3.73. The highest BCUT2D eigenvalue weighted by Gasteiger charge is 2.16. The molecule has 0 atom stereocenters. The third-order valence-corrected chi connectivity index (χ3v) is 5.80. The first-order chi connectivity index (χ1) is 15.9. The van der Waals surface area contributed by atoms with Crippen LogP contribution < -0.4 is 15.6 Å². The first-order valence-electron chi connectivity index (χ1n) is 10.6. The average Bonchev–Trinajstić information content (AvgIpc) is 2.78. The highest BCUT2D eigenvalue weighted by molar-refractivity contribution is 7.99. The molecule has 0 aliphatic rings. The Labute approximate surface area is 195 Å². The number of aromatic nitrogens is 3. The quantitative estimate of drug-likeness (QED) is 0.322. The lowest BCUT2D eigenvalue weighted by Gasteiger charge is -2.13. The van der Waals surface area contributed by atoms with Gasteiger partial charge in [-0.3, -0.25) is 14.2 Å². The number of ether oxygens (including phenoxy) is 1. The van der Waals surface area contributed by atoms with E-state index in [4.69, 9.17) is 4.74 Å². The van der Waals surface area contributed by atoms with Gasteiger partial charge in [-0.15, -0.1) is 0 Å². The number of fused-ring (bicyclic) bond motifs is 1. The molecule has 0 fully saturated rings. The van der Waals surface area contributed by atoms with Crippen molar-refractivity contribution in [2.24, 2.45) is 0 Å². The second-order valence-corrected chi connectivity index (χ2v) is 8.49. The van der Waals surface area contributed by atoms with Gasteiger partial charge in [-0.2, -0.15) is 0 Å². The number of benzene rings is 2. The number of carbonyl (C=O) groups excluding carboxylic acids is 1. The van der Waals surface area contributed by atoms with Gasteiger partial charge in [0.2, 0.25) is 5.91 Å². The Balaban J connectivity index is 1.65. The number of carbonyl (C=O) groups is 1. The van der Waals surface area contributed by atoms with Crippen molar-refractivity contribution in [3.63, 3.8) is 0 Å². The molecule has 4 aromatic rings. The second kappa shape index (κ2) is 9.87. The van der Waals surface area contributed by atoms with Gasteiger partial charge in [-0.25, -0.2) is 9.97 Å². The Hall–Kier alpha value is -3.65. The molecule has 8 heteroatoms. The lowest BCUT2D eigenvalue weighted by molar-refractivity contribution is -0.113. The van der Waals surface area contributed by atoms with Gasteiger partial charge in [0, 0.05) is 11.9 Å². The summed E-state index contributed by atoms with van der Waals surface area (Å²) in [7, 11) is 0. The van der Waals surface area contributed by atoms with Gasteiger partial charge in [-0.1, -0.05) is 17.8 Å².